The van der Waals surface area contributed by atoms with E-state index in [1.807, 2.05) is 20.2 Å². The molecule has 7 heteroatoms. The zero-order valence-corrected chi connectivity index (χ0v) is 10.9. The molecule has 1 N–H and O–H groups in total. The van der Waals surface area contributed by atoms with Crippen molar-refractivity contribution in [2.24, 2.45) is 7.05 Å². The third-order valence-electron chi connectivity index (χ3n) is 2.26. The van der Waals surface area contributed by atoms with Crippen LogP contribution in [0.3, 0.4) is 0 Å². The maximum atomic E-state index is 6.24. The average Bonchev–Trinajstić information content (AvgIpc) is 2.83. The summed E-state index contributed by atoms with van der Waals surface area (Å²) in [5.41, 5.74) is 1.66. The van der Waals surface area contributed by atoms with E-state index in [0.29, 0.717) is 16.0 Å². The van der Waals surface area contributed by atoms with Crippen LogP contribution >= 0.6 is 23.4 Å². The minimum Gasteiger partial charge on any atom is -0.263 e. The number of aromatic nitrogens is 5. The first kappa shape index (κ1) is 11.5. The number of hydrogen-bond donors (Lipinski definition) is 1. The van der Waals surface area contributed by atoms with Crippen LogP contribution < -0.4 is 0 Å². The Balaban J connectivity index is 2.50. The predicted molar refractivity (Wildman–Crippen MR) is 64.8 cm³/mol. The molecule has 86 valence electrons. The van der Waals surface area contributed by atoms with Crippen LogP contribution in [0.5, 0.6) is 0 Å². The molecule has 0 bridgehead atoms. The highest BCUT2D eigenvalue weighted by atomic mass is 35.5. The van der Waals surface area contributed by atoms with Crippen molar-refractivity contribution in [3.8, 4) is 11.5 Å². The number of nitrogens with one attached hydrogen (secondary N) is 1. The molecule has 0 aliphatic rings. The minimum atomic E-state index is 0.647. The summed E-state index contributed by atoms with van der Waals surface area (Å²) in [5, 5.41) is 12.6. The van der Waals surface area contributed by atoms with E-state index in [2.05, 4.69) is 20.3 Å². The Bertz CT molecular complexity index is 504. The molecule has 0 saturated heterocycles. The fourth-order valence-corrected chi connectivity index (χ4v) is 2.18. The molecule has 2 rings (SSSR count). The number of thioether (sulfide) groups is 1. The van der Waals surface area contributed by atoms with Crippen molar-refractivity contribution in [3.05, 3.63) is 10.7 Å². The van der Waals surface area contributed by atoms with Crippen molar-refractivity contribution >= 4 is 23.4 Å². The van der Waals surface area contributed by atoms with Gasteiger partial charge in [0.05, 0.1) is 10.7 Å². The molecule has 0 atom stereocenters. The second kappa shape index (κ2) is 4.47. The van der Waals surface area contributed by atoms with Gasteiger partial charge < -0.3 is 0 Å². The lowest BCUT2D eigenvalue weighted by Gasteiger charge is -1.96. The van der Waals surface area contributed by atoms with Crippen LogP contribution in [0.1, 0.15) is 12.6 Å². The number of aromatic amines is 1. The highest BCUT2D eigenvalue weighted by Crippen LogP contribution is 2.28. The highest BCUT2D eigenvalue weighted by molar-refractivity contribution is 7.98. The van der Waals surface area contributed by atoms with Crippen molar-refractivity contribution in [1.82, 2.24) is 25.0 Å². The van der Waals surface area contributed by atoms with E-state index in [4.69, 9.17) is 11.6 Å². The summed E-state index contributed by atoms with van der Waals surface area (Å²) >= 11 is 7.72. The monoisotopic (exact) mass is 257 g/mol. The van der Waals surface area contributed by atoms with Crippen LogP contribution in [0.2, 0.25) is 5.02 Å². The quantitative estimate of drug-likeness (QED) is 0.856. The summed E-state index contributed by atoms with van der Waals surface area (Å²) in [6.45, 7) is 2.02. The van der Waals surface area contributed by atoms with Crippen LogP contribution in [0.25, 0.3) is 11.5 Å². The summed E-state index contributed by atoms with van der Waals surface area (Å²) in [4.78, 5) is 4.32. The van der Waals surface area contributed by atoms with Gasteiger partial charge in [0.25, 0.3) is 0 Å². The molecule has 0 aliphatic heterocycles. The van der Waals surface area contributed by atoms with E-state index in [0.717, 1.165) is 17.8 Å². The molecular weight excluding hydrogens is 246 g/mol. The van der Waals surface area contributed by atoms with E-state index in [-0.39, 0.29) is 0 Å². The molecular formula is C9H12ClN5S. The van der Waals surface area contributed by atoms with Gasteiger partial charge >= 0.3 is 0 Å². The molecule has 0 unspecified atom stereocenters. The van der Waals surface area contributed by atoms with E-state index in [1.54, 1.807) is 4.68 Å². The molecule has 0 spiro atoms. The van der Waals surface area contributed by atoms with E-state index in [1.165, 1.54) is 11.8 Å². The predicted octanol–water partition coefficient (Wildman–Crippen LogP) is 2.14. The smallest absolute Gasteiger partial charge is 0.208 e. The molecule has 2 aromatic rings. The van der Waals surface area contributed by atoms with Crippen LogP contribution in [0.15, 0.2) is 5.16 Å². The average molecular weight is 258 g/mol. The second-order valence-electron chi connectivity index (χ2n) is 3.26. The standard InChI is InChI=1S/C9H12ClN5S/c1-4-5-6(10)7(15(2)14-5)8-11-9(16-3)13-12-8/h4H2,1-3H3,(H,11,12,13). The summed E-state index contributed by atoms with van der Waals surface area (Å²) in [6, 6.07) is 0. The summed E-state index contributed by atoms with van der Waals surface area (Å²) in [7, 11) is 1.85. The number of hydrogen-bond acceptors (Lipinski definition) is 4. The third kappa shape index (κ3) is 1.82. The van der Waals surface area contributed by atoms with Gasteiger partial charge in [-0.05, 0) is 12.7 Å². The number of H-pyrrole nitrogens is 1. The molecule has 16 heavy (non-hydrogen) atoms. The molecule has 0 aromatic carbocycles. The fraction of sp³-hybridized carbons (Fsp3) is 0.444. The molecule has 0 amide bonds. The van der Waals surface area contributed by atoms with Gasteiger partial charge in [0, 0.05) is 7.05 Å². The minimum absolute atomic E-state index is 0.647. The number of nitrogens with zero attached hydrogens (tertiary/aromatic N) is 4. The molecule has 0 radical (unpaired) electrons. The van der Waals surface area contributed by atoms with Crippen molar-refractivity contribution < 1.29 is 0 Å². The first-order chi connectivity index (χ1) is 7.67. The van der Waals surface area contributed by atoms with Gasteiger partial charge in [-0.2, -0.15) is 10.1 Å². The Kier molecular flexibility index (Phi) is 3.20. The largest absolute Gasteiger partial charge is 0.263 e. The Hall–Kier alpha value is -1.01. The number of aryl methyl sites for hydroxylation is 2. The first-order valence-electron chi connectivity index (χ1n) is 4.85. The fourth-order valence-electron chi connectivity index (χ4n) is 1.48. The van der Waals surface area contributed by atoms with Gasteiger partial charge in [-0.3, -0.25) is 9.78 Å². The summed E-state index contributed by atoms with van der Waals surface area (Å²) < 4.78 is 1.73. The summed E-state index contributed by atoms with van der Waals surface area (Å²) in [5.74, 6) is 0.657. The van der Waals surface area contributed by atoms with Gasteiger partial charge in [-0.25, -0.2) is 0 Å². The SMILES string of the molecule is CCc1nn(C)c(-c2nc(SC)n[nH]2)c1Cl. The zero-order valence-electron chi connectivity index (χ0n) is 9.28. The maximum absolute atomic E-state index is 6.24. The van der Waals surface area contributed by atoms with Crippen LogP contribution in [0.4, 0.5) is 0 Å². The molecule has 0 saturated carbocycles. The zero-order chi connectivity index (χ0) is 11.7. The van der Waals surface area contributed by atoms with Crippen molar-refractivity contribution in [3.63, 3.8) is 0 Å². The Labute approximate surface area is 103 Å². The highest BCUT2D eigenvalue weighted by Gasteiger charge is 2.17. The molecule has 0 fully saturated rings. The second-order valence-corrected chi connectivity index (χ2v) is 4.41. The molecule has 0 aliphatic carbocycles. The maximum Gasteiger partial charge on any atom is 0.208 e. The van der Waals surface area contributed by atoms with Crippen molar-refractivity contribution in [2.45, 2.75) is 18.5 Å². The third-order valence-corrected chi connectivity index (χ3v) is 3.21. The molecule has 2 heterocycles. The van der Waals surface area contributed by atoms with Gasteiger partial charge in [0.15, 0.2) is 5.82 Å². The van der Waals surface area contributed by atoms with Gasteiger partial charge in [-0.15, -0.1) is 5.10 Å². The Morgan fingerprint density at radius 2 is 2.25 bits per heavy atom. The van der Waals surface area contributed by atoms with E-state index >= 15 is 0 Å². The van der Waals surface area contributed by atoms with Crippen LogP contribution in [-0.2, 0) is 13.5 Å². The Morgan fingerprint density at radius 1 is 1.50 bits per heavy atom. The normalized spacial score (nSPS) is 11.0. The van der Waals surface area contributed by atoms with Gasteiger partial charge in [0.1, 0.15) is 5.69 Å². The lowest BCUT2D eigenvalue weighted by atomic mass is 10.3. The lowest BCUT2D eigenvalue weighted by molar-refractivity contribution is 0.748. The number of rotatable bonds is 3. The summed E-state index contributed by atoms with van der Waals surface area (Å²) in [6.07, 6.45) is 2.73. The van der Waals surface area contributed by atoms with E-state index < -0.39 is 0 Å². The van der Waals surface area contributed by atoms with Crippen molar-refractivity contribution in [2.75, 3.05) is 6.26 Å². The number of halogens is 1. The Morgan fingerprint density at radius 3 is 2.75 bits per heavy atom. The van der Waals surface area contributed by atoms with E-state index in [9.17, 15) is 0 Å². The molecule has 5 nitrogen and oxygen atoms in total. The topological polar surface area (TPSA) is 59.4 Å². The van der Waals surface area contributed by atoms with Gasteiger partial charge in [-0.1, -0.05) is 30.3 Å². The van der Waals surface area contributed by atoms with Gasteiger partial charge in [0.2, 0.25) is 5.16 Å². The first-order valence-corrected chi connectivity index (χ1v) is 6.45. The van der Waals surface area contributed by atoms with Crippen molar-refractivity contribution in [1.29, 1.82) is 0 Å². The lowest BCUT2D eigenvalue weighted by Crippen LogP contribution is -1.95. The van der Waals surface area contributed by atoms with Crippen LogP contribution in [-0.4, -0.2) is 31.2 Å². The molecule has 2 aromatic heterocycles. The van der Waals surface area contributed by atoms with Crippen LogP contribution in [0, 0.1) is 0 Å².